The predicted molar refractivity (Wildman–Crippen MR) is 73.1 cm³/mol. The molecule has 0 aliphatic carbocycles. The second-order valence-electron chi connectivity index (χ2n) is 7.98. The van der Waals surface area contributed by atoms with E-state index in [2.05, 4.69) is 39.7 Å². The van der Waals surface area contributed by atoms with Gasteiger partial charge in [-0.05, 0) is 24.4 Å². The Morgan fingerprint density at radius 2 is 1.12 bits per heavy atom. The fraction of sp³-hybridized carbons (Fsp3) is 1.00. The van der Waals surface area contributed by atoms with Crippen LogP contribution in [0.4, 0.5) is 0 Å². The minimum atomic E-state index is -0.481. The number of rotatable bonds is 2. The van der Waals surface area contributed by atoms with Gasteiger partial charge < -0.3 is 5.21 Å². The van der Waals surface area contributed by atoms with Gasteiger partial charge in [-0.2, -0.15) is 0 Å². The maximum Gasteiger partial charge on any atom is 0.190 e. The van der Waals surface area contributed by atoms with Crippen LogP contribution in [0.1, 0.15) is 69.2 Å². The number of azo groups is 1. The van der Waals surface area contributed by atoms with E-state index in [9.17, 15) is 5.21 Å². The summed E-state index contributed by atoms with van der Waals surface area (Å²) in [4.78, 5) is 0.848. The van der Waals surface area contributed by atoms with Crippen molar-refractivity contribution in [3.63, 3.8) is 0 Å². The van der Waals surface area contributed by atoms with E-state index < -0.39 is 11.1 Å². The van der Waals surface area contributed by atoms with Gasteiger partial charge in [0.1, 0.15) is 5.54 Å². The van der Waals surface area contributed by atoms with Crippen molar-refractivity contribution in [1.82, 2.24) is 0 Å². The average Bonchev–Trinajstić information content (AvgIpc) is 1.98. The van der Waals surface area contributed by atoms with Gasteiger partial charge in [0, 0.05) is 26.2 Å². The van der Waals surface area contributed by atoms with E-state index in [0.717, 1.165) is 4.86 Å². The Morgan fingerprint density at radius 1 is 0.765 bits per heavy atom. The van der Waals surface area contributed by atoms with Crippen LogP contribution >= 0.6 is 0 Å². The molecule has 0 heterocycles. The molecule has 0 aromatic rings. The van der Waals surface area contributed by atoms with E-state index in [-0.39, 0.29) is 10.8 Å². The summed E-state index contributed by atoms with van der Waals surface area (Å²) in [6.45, 7) is 20.6. The van der Waals surface area contributed by atoms with E-state index in [1.807, 2.05) is 34.6 Å². The van der Waals surface area contributed by atoms with Crippen molar-refractivity contribution in [2.45, 2.75) is 80.3 Å². The standard InChI is InChI=1S/C14H30N2O/c1-11(2,3)13(7,8)14(9,10)15-16(17)12(4,5)6/h1-10H3. The summed E-state index contributed by atoms with van der Waals surface area (Å²) in [5.41, 5.74) is -0.877. The highest BCUT2D eigenvalue weighted by Gasteiger charge is 2.48. The Kier molecular flexibility index (Phi) is 4.10. The lowest BCUT2D eigenvalue weighted by atomic mass is 9.60. The van der Waals surface area contributed by atoms with Crippen molar-refractivity contribution in [2.75, 3.05) is 0 Å². The molecule has 0 saturated heterocycles. The van der Waals surface area contributed by atoms with Crippen LogP contribution < -0.4 is 0 Å². The second kappa shape index (κ2) is 4.25. The Labute approximate surface area is 107 Å². The average molecular weight is 242 g/mol. The maximum absolute atomic E-state index is 12.0. The lowest BCUT2D eigenvalue weighted by molar-refractivity contribution is -0.606. The number of hydroxylamine groups is 1. The SMILES string of the molecule is CC(C)(C)[N+]([O-])=NC(C)(C)C(C)(C)C(C)(C)C. The first-order valence-electron chi connectivity index (χ1n) is 6.33. The van der Waals surface area contributed by atoms with Gasteiger partial charge in [0.05, 0.1) is 0 Å². The van der Waals surface area contributed by atoms with Crippen molar-refractivity contribution < 1.29 is 4.86 Å². The van der Waals surface area contributed by atoms with Gasteiger partial charge in [-0.1, -0.05) is 39.5 Å². The van der Waals surface area contributed by atoms with E-state index in [4.69, 9.17) is 0 Å². The lowest BCUT2D eigenvalue weighted by Gasteiger charge is -2.46. The van der Waals surface area contributed by atoms with Gasteiger partial charge in [0.15, 0.2) is 5.54 Å². The molecule has 102 valence electrons. The van der Waals surface area contributed by atoms with Crippen LogP contribution in [0.15, 0.2) is 5.11 Å². The summed E-state index contributed by atoms with van der Waals surface area (Å²) in [7, 11) is 0. The summed E-state index contributed by atoms with van der Waals surface area (Å²) >= 11 is 0. The molecule has 0 spiro atoms. The second-order valence-corrected chi connectivity index (χ2v) is 7.98. The van der Waals surface area contributed by atoms with Gasteiger partial charge >= 0.3 is 0 Å². The minimum absolute atomic E-state index is 0.0755. The molecule has 0 N–H and O–H groups in total. The fourth-order valence-corrected chi connectivity index (χ4v) is 1.42. The molecule has 0 saturated carbocycles. The molecule has 0 radical (unpaired) electrons. The molecule has 0 aromatic heterocycles. The Hall–Kier alpha value is -0.600. The first-order chi connectivity index (χ1) is 7.13. The number of nitrogens with zero attached hydrogens (tertiary/aromatic N) is 2. The number of hydrogen-bond donors (Lipinski definition) is 0. The molecule has 0 rings (SSSR count). The third-order valence-corrected chi connectivity index (χ3v) is 4.32. The van der Waals surface area contributed by atoms with Gasteiger partial charge in [-0.25, -0.2) is 0 Å². The topological polar surface area (TPSA) is 38.4 Å². The summed E-state index contributed by atoms with van der Waals surface area (Å²) in [6.07, 6.45) is 0. The maximum atomic E-state index is 12.0. The van der Waals surface area contributed by atoms with Crippen molar-refractivity contribution in [3.05, 3.63) is 5.21 Å². The molecule has 0 fully saturated rings. The van der Waals surface area contributed by atoms with Crippen LogP contribution in [0, 0.1) is 16.0 Å². The van der Waals surface area contributed by atoms with Crippen molar-refractivity contribution in [3.8, 4) is 0 Å². The van der Waals surface area contributed by atoms with Crippen molar-refractivity contribution >= 4 is 0 Å². The van der Waals surface area contributed by atoms with Crippen LogP contribution in [0.2, 0.25) is 0 Å². The van der Waals surface area contributed by atoms with Gasteiger partial charge in [0.2, 0.25) is 0 Å². The molecule has 3 nitrogen and oxygen atoms in total. The van der Waals surface area contributed by atoms with Gasteiger partial charge in [-0.3, -0.25) is 0 Å². The van der Waals surface area contributed by atoms with Crippen molar-refractivity contribution in [1.29, 1.82) is 0 Å². The summed E-state index contributed by atoms with van der Waals surface area (Å²) in [6, 6.07) is 0. The Bertz CT molecular complexity index is 301. The molecule has 3 heteroatoms. The summed E-state index contributed by atoms with van der Waals surface area (Å²) < 4.78 is 0. The smallest absolute Gasteiger partial charge is 0.190 e. The minimum Gasteiger partial charge on any atom is -0.600 e. The molecule has 0 atom stereocenters. The monoisotopic (exact) mass is 242 g/mol. The van der Waals surface area contributed by atoms with E-state index in [0.29, 0.717) is 0 Å². The zero-order valence-electron chi connectivity index (χ0n) is 13.3. The predicted octanol–water partition coefficient (Wildman–Crippen LogP) is 4.60. The van der Waals surface area contributed by atoms with Crippen LogP contribution in [0.5, 0.6) is 0 Å². The highest BCUT2D eigenvalue weighted by atomic mass is 16.5. The molecule has 0 bridgehead atoms. The van der Waals surface area contributed by atoms with Crippen LogP contribution in [-0.2, 0) is 0 Å². The largest absolute Gasteiger partial charge is 0.600 e. The molecular weight excluding hydrogens is 212 g/mol. The fourth-order valence-electron chi connectivity index (χ4n) is 1.42. The lowest BCUT2D eigenvalue weighted by Crippen LogP contribution is -2.48. The van der Waals surface area contributed by atoms with Gasteiger partial charge in [-0.15, -0.1) is 0 Å². The third kappa shape index (κ3) is 3.43. The summed E-state index contributed by atoms with van der Waals surface area (Å²) in [5, 5.41) is 16.4. The quantitative estimate of drug-likeness (QED) is 0.396. The van der Waals surface area contributed by atoms with E-state index in [1.54, 1.807) is 0 Å². The van der Waals surface area contributed by atoms with Gasteiger partial charge in [0.25, 0.3) is 0 Å². The Balaban J connectivity index is 5.45. The zero-order chi connectivity index (χ0) is 14.3. The van der Waals surface area contributed by atoms with Crippen LogP contribution in [0.25, 0.3) is 0 Å². The van der Waals surface area contributed by atoms with Crippen molar-refractivity contribution in [2.24, 2.45) is 15.9 Å². The van der Waals surface area contributed by atoms with Crippen LogP contribution in [-0.4, -0.2) is 15.9 Å². The molecule has 0 aliphatic rings. The highest BCUT2D eigenvalue weighted by Crippen LogP contribution is 2.48. The third-order valence-electron chi connectivity index (χ3n) is 4.32. The molecule has 0 aliphatic heterocycles. The molecule has 0 amide bonds. The molecule has 0 unspecified atom stereocenters. The number of hydrogen-bond acceptors (Lipinski definition) is 2. The van der Waals surface area contributed by atoms with E-state index >= 15 is 0 Å². The molecule has 0 aromatic carbocycles. The van der Waals surface area contributed by atoms with E-state index in [1.165, 1.54) is 0 Å². The molecule has 17 heavy (non-hydrogen) atoms. The zero-order valence-corrected chi connectivity index (χ0v) is 13.3. The first-order valence-corrected chi connectivity index (χ1v) is 6.33. The summed E-state index contributed by atoms with van der Waals surface area (Å²) in [5.74, 6) is 0. The first kappa shape index (κ1) is 16.4. The highest BCUT2D eigenvalue weighted by molar-refractivity contribution is 4.98. The van der Waals surface area contributed by atoms with Crippen LogP contribution in [0.3, 0.4) is 0 Å². The Morgan fingerprint density at radius 3 is 1.35 bits per heavy atom. The normalized spacial score (nSPS) is 16.2. The molecular formula is C14H30N2O.